The van der Waals surface area contributed by atoms with Crippen molar-refractivity contribution in [3.05, 3.63) is 0 Å². The Morgan fingerprint density at radius 2 is 1.62 bits per heavy atom. The normalized spacial score (nSPS) is 39.8. The third-order valence-corrected chi connectivity index (χ3v) is 2.87. The Kier molecular flexibility index (Phi) is 2.56. The molecule has 1 aliphatic carbocycles. The minimum atomic E-state index is 0.0148. The number of alkyl halides is 1. The molecule has 48 valence electrons. The van der Waals surface area contributed by atoms with Crippen LogP contribution in [0.25, 0.3) is 0 Å². The molecule has 1 rings (SSSR count). The Labute approximate surface area is 63.6 Å². The highest BCUT2D eigenvalue weighted by molar-refractivity contribution is 14.1. The maximum atomic E-state index is 9.02. The van der Waals surface area contributed by atoms with E-state index in [-0.39, 0.29) is 6.10 Å². The first-order chi connectivity index (χ1) is 3.79. The zero-order valence-electron chi connectivity index (χ0n) is 4.81. The van der Waals surface area contributed by atoms with Crippen LogP contribution in [0.2, 0.25) is 0 Å². The van der Waals surface area contributed by atoms with Crippen molar-refractivity contribution in [3.63, 3.8) is 0 Å². The summed E-state index contributed by atoms with van der Waals surface area (Å²) in [4.78, 5) is 0. The molecule has 1 N–H and O–H groups in total. The molecule has 0 aromatic rings. The molecule has 0 bridgehead atoms. The van der Waals surface area contributed by atoms with E-state index in [1.807, 2.05) is 0 Å². The van der Waals surface area contributed by atoms with Gasteiger partial charge >= 0.3 is 0 Å². The highest BCUT2D eigenvalue weighted by atomic mass is 127. The molecular weight excluding hydrogens is 215 g/mol. The van der Waals surface area contributed by atoms with Crippen molar-refractivity contribution in [2.24, 2.45) is 0 Å². The molecule has 8 heavy (non-hydrogen) atoms. The van der Waals surface area contributed by atoms with Crippen molar-refractivity contribution < 1.29 is 5.11 Å². The van der Waals surface area contributed by atoms with Crippen LogP contribution in [-0.4, -0.2) is 15.1 Å². The zero-order valence-corrected chi connectivity index (χ0v) is 6.97. The van der Waals surface area contributed by atoms with E-state index in [0.29, 0.717) is 0 Å². The van der Waals surface area contributed by atoms with Gasteiger partial charge in [-0.05, 0) is 25.7 Å². The van der Waals surface area contributed by atoms with Crippen LogP contribution in [0.4, 0.5) is 0 Å². The number of aliphatic hydroxyl groups is 1. The number of aliphatic hydroxyl groups excluding tert-OH is 1. The van der Waals surface area contributed by atoms with Crippen LogP contribution < -0.4 is 0 Å². The van der Waals surface area contributed by atoms with Crippen LogP contribution >= 0.6 is 22.6 Å². The topological polar surface area (TPSA) is 20.2 Å². The summed E-state index contributed by atoms with van der Waals surface area (Å²) >= 11 is 2.46. The molecule has 0 aromatic carbocycles. The number of hydrogen-bond donors (Lipinski definition) is 1. The van der Waals surface area contributed by atoms with Gasteiger partial charge in [0.1, 0.15) is 0 Å². The van der Waals surface area contributed by atoms with Gasteiger partial charge in [0.15, 0.2) is 0 Å². The van der Waals surface area contributed by atoms with Gasteiger partial charge in [0.2, 0.25) is 0 Å². The van der Waals surface area contributed by atoms with Crippen LogP contribution in [0.1, 0.15) is 25.7 Å². The van der Waals surface area contributed by atoms with Crippen molar-refractivity contribution in [2.45, 2.75) is 35.7 Å². The average Bonchev–Trinajstić information content (AvgIpc) is 1.77. The number of halogens is 1. The second kappa shape index (κ2) is 3.01. The van der Waals surface area contributed by atoms with Crippen molar-refractivity contribution in [1.29, 1.82) is 0 Å². The molecule has 1 aliphatic rings. The van der Waals surface area contributed by atoms with E-state index in [1.165, 1.54) is 12.8 Å². The SMILES string of the molecule is O[C@H]1CC[C@H](I)CC1. The molecule has 0 heterocycles. The van der Waals surface area contributed by atoms with Gasteiger partial charge in [0.25, 0.3) is 0 Å². The summed E-state index contributed by atoms with van der Waals surface area (Å²) in [6, 6.07) is 0. The van der Waals surface area contributed by atoms with Crippen molar-refractivity contribution in [1.82, 2.24) is 0 Å². The van der Waals surface area contributed by atoms with E-state index in [2.05, 4.69) is 22.6 Å². The summed E-state index contributed by atoms with van der Waals surface area (Å²) < 4.78 is 0.830. The third kappa shape index (κ3) is 1.90. The van der Waals surface area contributed by atoms with Crippen molar-refractivity contribution >= 4 is 22.6 Å². The van der Waals surface area contributed by atoms with Crippen LogP contribution in [0, 0.1) is 0 Å². The zero-order chi connectivity index (χ0) is 5.98. The van der Waals surface area contributed by atoms with Crippen LogP contribution in [-0.2, 0) is 0 Å². The summed E-state index contributed by atoms with van der Waals surface area (Å²) in [7, 11) is 0. The molecule has 1 saturated carbocycles. The summed E-state index contributed by atoms with van der Waals surface area (Å²) in [5.74, 6) is 0. The fourth-order valence-corrected chi connectivity index (χ4v) is 1.75. The van der Waals surface area contributed by atoms with Gasteiger partial charge in [0.05, 0.1) is 6.10 Å². The van der Waals surface area contributed by atoms with E-state index in [4.69, 9.17) is 5.11 Å². The van der Waals surface area contributed by atoms with Gasteiger partial charge in [0, 0.05) is 3.92 Å². The molecule has 0 saturated heterocycles. The van der Waals surface area contributed by atoms with E-state index in [1.54, 1.807) is 0 Å². The van der Waals surface area contributed by atoms with E-state index in [9.17, 15) is 0 Å². The van der Waals surface area contributed by atoms with Gasteiger partial charge < -0.3 is 5.11 Å². The fourth-order valence-electron chi connectivity index (χ4n) is 1.04. The van der Waals surface area contributed by atoms with E-state index in [0.717, 1.165) is 16.8 Å². The second-order valence-electron chi connectivity index (χ2n) is 2.41. The van der Waals surface area contributed by atoms with Crippen LogP contribution in [0.3, 0.4) is 0 Å². The summed E-state index contributed by atoms with van der Waals surface area (Å²) in [6.45, 7) is 0. The minimum absolute atomic E-state index is 0.0148. The van der Waals surface area contributed by atoms with Gasteiger partial charge in [-0.3, -0.25) is 0 Å². The Hall–Kier alpha value is 0.690. The molecule has 1 nitrogen and oxygen atoms in total. The first-order valence-corrected chi connectivity index (χ1v) is 4.36. The van der Waals surface area contributed by atoms with Crippen molar-refractivity contribution in [2.75, 3.05) is 0 Å². The maximum Gasteiger partial charge on any atom is 0.0541 e. The molecular formula is C6H11IO. The maximum absolute atomic E-state index is 9.02. The number of hydrogen-bond acceptors (Lipinski definition) is 1. The molecule has 0 aliphatic heterocycles. The number of rotatable bonds is 0. The molecule has 0 radical (unpaired) electrons. The molecule has 0 atom stereocenters. The first kappa shape index (κ1) is 6.81. The highest BCUT2D eigenvalue weighted by Crippen LogP contribution is 2.23. The minimum Gasteiger partial charge on any atom is -0.393 e. The lowest BCUT2D eigenvalue weighted by Crippen LogP contribution is -2.17. The summed E-state index contributed by atoms with van der Waals surface area (Å²) in [5.41, 5.74) is 0. The predicted molar refractivity (Wildman–Crippen MR) is 42.3 cm³/mol. The summed E-state index contributed by atoms with van der Waals surface area (Å²) in [5, 5.41) is 9.02. The van der Waals surface area contributed by atoms with E-state index < -0.39 is 0 Å². The largest absolute Gasteiger partial charge is 0.393 e. The predicted octanol–water partition coefficient (Wildman–Crippen LogP) is 1.72. The Balaban J connectivity index is 2.19. The Bertz CT molecular complexity index is 56.9. The highest BCUT2D eigenvalue weighted by Gasteiger charge is 2.15. The molecule has 0 amide bonds. The quantitative estimate of drug-likeness (QED) is 0.492. The Morgan fingerprint density at radius 1 is 1.12 bits per heavy atom. The van der Waals surface area contributed by atoms with Crippen molar-refractivity contribution in [3.8, 4) is 0 Å². The lowest BCUT2D eigenvalue weighted by atomic mass is 9.98. The van der Waals surface area contributed by atoms with Gasteiger partial charge in [-0.25, -0.2) is 0 Å². The molecule has 0 spiro atoms. The lowest BCUT2D eigenvalue weighted by Gasteiger charge is -2.20. The van der Waals surface area contributed by atoms with Gasteiger partial charge in [-0.2, -0.15) is 0 Å². The average molecular weight is 226 g/mol. The van der Waals surface area contributed by atoms with Crippen LogP contribution in [0.15, 0.2) is 0 Å². The molecule has 2 heteroatoms. The monoisotopic (exact) mass is 226 g/mol. The molecule has 0 aromatic heterocycles. The standard InChI is InChI=1S/C6H11IO/c7-5-1-3-6(8)4-2-5/h5-6,8H,1-4H2/t5-,6-. The fraction of sp³-hybridized carbons (Fsp3) is 1.00. The van der Waals surface area contributed by atoms with Gasteiger partial charge in [-0.1, -0.05) is 22.6 Å². The third-order valence-electron chi connectivity index (χ3n) is 1.63. The molecule has 0 unspecified atom stereocenters. The van der Waals surface area contributed by atoms with Crippen LogP contribution in [0.5, 0.6) is 0 Å². The first-order valence-electron chi connectivity index (χ1n) is 3.11. The van der Waals surface area contributed by atoms with E-state index >= 15 is 0 Å². The lowest BCUT2D eigenvalue weighted by molar-refractivity contribution is 0.134. The summed E-state index contributed by atoms with van der Waals surface area (Å²) in [6.07, 6.45) is 4.48. The van der Waals surface area contributed by atoms with Gasteiger partial charge in [-0.15, -0.1) is 0 Å². The Morgan fingerprint density at radius 3 is 2.00 bits per heavy atom. The molecule has 1 fully saturated rings. The second-order valence-corrected chi connectivity index (χ2v) is 4.17. The smallest absolute Gasteiger partial charge is 0.0541 e.